The summed E-state index contributed by atoms with van der Waals surface area (Å²) in [6.45, 7) is 0.919. The van der Waals surface area contributed by atoms with Gasteiger partial charge in [0.1, 0.15) is 12.4 Å². The summed E-state index contributed by atoms with van der Waals surface area (Å²) >= 11 is 0. The van der Waals surface area contributed by atoms with Crippen LogP contribution in [0.2, 0.25) is 0 Å². The molecule has 0 fully saturated rings. The van der Waals surface area contributed by atoms with Crippen molar-refractivity contribution in [3.05, 3.63) is 95.8 Å². The van der Waals surface area contributed by atoms with E-state index in [1.807, 2.05) is 30.3 Å². The minimum Gasteiger partial charge on any atom is -0.494 e. The minimum atomic E-state index is -0.524. The number of benzene rings is 3. The minimum absolute atomic E-state index is 0.247. The second kappa shape index (κ2) is 11.9. The van der Waals surface area contributed by atoms with Crippen LogP contribution in [0.1, 0.15) is 35.9 Å². The van der Waals surface area contributed by atoms with Crippen LogP contribution in [0.3, 0.4) is 0 Å². The van der Waals surface area contributed by atoms with Gasteiger partial charge in [0.2, 0.25) is 11.7 Å². The average Bonchev–Trinajstić information content (AvgIpc) is 3.48. The monoisotopic (exact) mass is 497 g/mol. The van der Waals surface area contributed by atoms with Crippen LogP contribution in [0, 0.1) is 0 Å². The molecular weight excluding hydrogens is 470 g/mol. The highest BCUT2D eigenvalue weighted by molar-refractivity contribution is 6.03. The van der Waals surface area contributed by atoms with Gasteiger partial charge in [0, 0.05) is 6.08 Å². The number of hydrogen-bond donors (Lipinski definition) is 2. The Hall–Kier alpha value is -4.66. The van der Waals surface area contributed by atoms with Crippen LogP contribution in [0.15, 0.2) is 78.9 Å². The molecule has 1 aliphatic heterocycles. The molecule has 5 rings (SSSR count). The molecule has 9 nitrogen and oxygen atoms in total. The van der Waals surface area contributed by atoms with E-state index >= 15 is 0 Å². The van der Waals surface area contributed by atoms with Gasteiger partial charge in [0.25, 0.3) is 0 Å². The predicted molar refractivity (Wildman–Crippen MR) is 138 cm³/mol. The highest BCUT2D eigenvalue weighted by Gasteiger charge is 2.28. The number of para-hydroxylation sites is 1. The summed E-state index contributed by atoms with van der Waals surface area (Å²) in [6.07, 6.45) is 5.82. The van der Waals surface area contributed by atoms with Gasteiger partial charge in [-0.25, -0.2) is 0 Å². The van der Waals surface area contributed by atoms with Gasteiger partial charge in [0.15, 0.2) is 17.6 Å². The number of unbranched alkanes of at least 4 members (excludes halogenated alkanes) is 1. The summed E-state index contributed by atoms with van der Waals surface area (Å²) in [4.78, 5) is 12.6. The number of tetrazole rings is 1. The average molecular weight is 498 g/mol. The molecule has 4 aromatic rings. The number of aryl methyl sites for hydroxylation is 1. The van der Waals surface area contributed by atoms with Crippen molar-refractivity contribution in [1.82, 2.24) is 20.6 Å². The number of H-pyrrole nitrogens is 1. The molecule has 1 aromatic heterocycles. The first kappa shape index (κ1) is 24.1. The molecule has 1 unspecified atom stereocenters. The van der Waals surface area contributed by atoms with Gasteiger partial charge < -0.3 is 19.5 Å². The van der Waals surface area contributed by atoms with Gasteiger partial charge >= 0.3 is 0 Å². The lowest BCUT2D eigenvalue weighted by molar-refractivity contribution is -0.111. The van der Waals surface area contributed by atoms with Crippen molar-refractivity contribution in [2.75, 3.05) is 18.5 Å². The molecule has 0 saturated heterocycles. The number of carbonyl (C=O) groups is 1. The third-order valence-electron chi connectivity index (χ3n) is 5.82. The van der Waals surface area contributed by atoms with Crippen molar-refractivity contribution in [1.29, 1.82) is 0 Å². The smallest absolute Gasteiger partial charge is 0.248 e. The SMILES string of the molecule is O=C(C=Cc1ccc(OCCCCc2ccccc2)cc1)Nc1cccc2c1OC(c1nn[nH]n1)CO2. The predicted octanol–water partition coefficient (Wildman–Crippen LogP) is 4.77. The largest absolute Gasteiger partial charge is 0.494 e. The molecule has 3 aromatic carbocycles. The van der Waals surface area contributed by atoms with E-state index in [-0.39, 0.29) is 12.5 Å². The number of anilines is 1. The highest BCUT2D eigenvalue weighted by atomic mass is 16.6. The van der Waals surface area contributed by atoms with E-state index in [4.69, 9.17) is 14.2 Å². The van der Waals surface area contributed by atoms with E-state index < -0.39 is 6.10 Å². The third-order valence-corrected chi connectivity index (χ3v) is 5.82. The first-order chi connectivity index (χ1) is 18.2. The van der Waals surface area contributed by atoms with E-state index in [9.17, 15) is 4.79 Å². The first-order valence-corrected chi connectivity index (χ1v) is 12.2. The fourth-order valence-electron chi connectivity index (χ4n) is 3.91. The topological polar surface area (TPSA) is 111 Å². The van der Waals surface area contributed by atoms with Crippen LogP contribution in [-0.4, -0.2) is 39.7 Å². The number of aromatic nitrogens is 4. The number of hydrogen-bond acceptors (Lipinski definition) is 7. The molecule has 0 spiro atoms. The number of fused-ring (bicyclic) bond motifs is 1. The van der Waals surface area contributed by atoms with Crippen molar-refractivity contribution < 1.29 is 19.0 Å². The lowest BCUT2D eigenvalue weighted by atomic mass is 10.1. The molecule has 2 N–H and O–H groups in total. The summed E-state index contributed by atoms with van der Waals surface area (Å²) in [5.41, 5.74) is 2.73. The Bertz CT molecular complexity index is 1320. The van der Waals surface area contributed by atoms with Crippen LogP contribution < -0.4 is 19.5 Å². The van der Waals surface area contributed by atoms with Crippen LogP contribution in [0.5, 0.6) is 17.2 Å². The van der Waals surface area contributed by atoms with Crippen molar-refractivity contribution in [3.8, 4) is 17.2 Å². The second-order valence-electron chi connectivity index (χ2n) is 8.50. The van der Waals surface area contributed by atoms with Crippen molar-refractivity contribution >= 4 is 17.7 Å². The zero-order valence-electron chi connectivity index (χ0n) is 20.2. The van der Waals surface area contributed by atoms with E-state index in [1.54, 1.807) is 24.3 Å². The summed E-state index contributed by atoms with van der Waals surface area (Å²) < 4.78 is 17.6. The molecule has 1 aliphatic rings. The Labute approximate surface area is 214 Å². The number of nitrogens with one attached hydrogen (secondary N) is 2. The standard InChI is InChI=1S/C28H27N5O4/c34-26(29-23-10-6-11-24-27(23)37-25(19-36-24)28-30-32-33-31-28)17-14-21-12-15-22(16-13-21)35-18-5-4-9-20-7-2-1-3-8-20/h1-3,6-8,10-17,25H,4-5,9,18-19H2,(H,29,34)(H,30,31,32,33). The molecule has 9 heteroatoms. The molecule has 0 aliphatic carbocycles. The maximum atomic E-state index is 12.6. The van der Waals surface area contributed by atoms with Gasteiger partial charge in [-0.2, -0.15) is 5.21 Å². The fourth-order valence-corrected chi connectivity index (χ4v) is 3.91. The second-order valence-corrected chi connectivity index (χ2v) is 8.50. The Morgan fingerprint density at radius 3 is 2.73 bits per heavy atom. The number of nitrogens with zero attached hydrogens (tertiary/aromatic N) is 3. The first-order valence-electron chi connectivity index (χ1n) is 12.2. The Morgan fingerprint density at radius 1 is 1.05 bits per heavy atom. The van der Waals surface area contributed by atoms with Crippen LogP contribution in [0.25, 0.3) is 6.08 Å². The molecule has 1 amide bonds. The quantitative estimate of drug-likeness (QED) is 0.240. The van der Waals surface area contributed by atoms with E-state index in [2.05, 4.69) is 50.2 Å². The summed E-state index contributed by atoms with van der Waals surface area (Å²) in [5, 5.41) is 16.7. The van der Waals surface area contributed by atoms with Crippen molar-refractivity contribution in [2.45, 2.75) is 25.4 Å². The molecule has 0 bridgehead atoms. The number of aromatic amines is 1. The molecule has 188 valence electrons. The lowest BCUT2D eigenvalue weighted by Crippen LogP contribution is -2.24. The summed E-state index contributed by atoms with van der Waals surface area (Å²) in [5.74, 6) is 1.86. The molecule has 0 saturated carbocycles. The Kier molecular flexibility index (Phi) is 7.70. The molecule has 37 heavy (non-hydrogen) atoms. The third kappa shape index (κ3) is 6.52. The Morgan fingerprint density at radius 2 is 1.92 bits per heavy atom. The number of carbonyl (C=O) groups excluding carboxylic acids is 1. The molecule has 1 atom stereocenters. The summed E-state index contributed by atoms with van der Waals surface area (Å²) in [7, 11) is 0. The number of rotatable bonds is 10. The maximum absolute atomic E-state index is 12.6. The van der Waals surface area contributed by atoms with Gasteiger partial charge in [0.05, 0.1) is 12.3 Å². The van der Waals surface area contributed by atoms with Crippen LogP contribution in [0.4, 0.5) is 5.69 Å². The molecule has 0 radical (unpaired) electrons. The fraction of sp³-hybridized carbons (Fsp3) is 0.214. The van der Waals surface area contributed by atoms with Gasteiger partial charge in [-0.05, 0) is 60.7 Å². The van der Waals surface area contributed by atoms with Crippen molar-refractivity contribution in [3.63, 3.8) is 0 Å². The molecular formula is C28H27N5O4. The lowest BCUT2D eigenvalue weighted by Gasteiger charge is -2.26. The van der Waals surface area contributed by atoms with Crippen molar-refractivity contribution in [2.24, 2.45) is 0 Å². The zero-order chi connectivity index (χ0) is 25.3. The van der Waals surface area contributed by atoms with Crippen LogP contribution >= 0.6 is 0 Å². The Balaban J connectivity index is 1.10. The van der Waals surface area contributed by atoms with Gasteiger partial charge in [-0.3, -0.25) is 4.79 Å². The maximum Gasteiger partial charge on any atom is 0.248 e. The van der Waals surface area contributed by atoms with Crippen LogP contribution in [-0.2, 0) is 11.2 Å². The molecule has 2 heterocycles. The highest BCUT2D eigenvalue weighted by Crippen LogP contribution is 2.41. The van der Waals surface area contributed by atoms with Gasteiger partial charge in [-0.15, -0.1) is 10.2 Å². The van der Waals surface area contributed by atoms with E-state index in [1.165, 1.54) is 11.6 Å². The normalized spacial score (nSPS) is 14.4. The summed E-state index contributed by atoms with van der Waals surface area (Å²) in [6, 6.07) is 23.4. The zero-order valence-corrected chi connectivity index (χ0v) is 20.2. The number of amides is 1. The number of ether oxygens (including phenoxy) is 3. The van der Waals surface area contributed by atoms with E-state index in [0.29, 0.717) is 29.6 Å². The van der Waals surface area contributed by atoms with Gasteiger partial charge in [-0.1, -0.05) is 53.7 Å². The van der Waals surface area contributed by atoms with E-state index in [0.717, 1.165) is 30.6 Å².